The zero-order valence-corrected chi connectivity index (χ0v) is 11.3. The van der Waals surface area contributed by atoms with Crippen molar-refractivity contribution in [3.8, 4) is 0 Å². The molecular weight excluding hydrogens is 214 g/mol. The second-order valence-corrected chi connectivity index (χ2v) is 5.52. The average molecular weight is 239 g/mol. The van der Waals surface area contributed by atoms with Gasteiger partial charge in [0.05, 0.1) is 12.7 Å². The molecule has 2 heterocycles. The third-order valence-corrected chi connectivity index (χ3v) is 4.29. The Morgan fingerprint density at radius 3 is 2.88 bits per heavy atom. The smallest absolute Gasteiger partial charge is 0.241 e. The van der Waals surface area contributed by atoms with Crippen molar-refractivity contribution in [3.63, 3.8) is 0 Å². The predicted octanol–water partition coefficient (Wildman–Crippen LogP) is 1.03. The highest BCUT2D eigenvalue weighted by Crippen LogP contribution is 2.23. The second kappa shape index (κ2) is 5.36. The summed E-state index contributed by atoms with van der Waals surface area (Å²) in [6.45, 7) is 6.25. The molecule has 0 aliphatic carbocycles. The van der Waals surface area contributed by atoms with E-state index in [1.165, 1.54) is 0 Å². The van der Waals surface area contributed by atoms with Crippen molar-refractivity contribution in [2.24, 2.45) is 0 Å². The van der Waals surface area contributed by atoms with Crippen molar-refractivity contribution in [1.82, 2.24) is 15.1 Å². The molecule has 2 rings (SSSR count). The summed E-state index contributed by atoms with van der Waals surface area (Å²) in [4.78, 5) is 16.7. The molecule has 0 aromatic carbocycles. The van der Waals surface area contributed by atoms with Crippen LogP contribution >= 0.6 is 0 Å². The van der Waals surface area contributed by atoms with Gasteiger partial charge >= 0.3 is 0 Å². The first-order valence-corrected chi connectivity index (χ1v) is 6.87. The van der Waals surface area contributed by atoms with Crippen LogP contribution in [0.15, 0.2) is 0 Å². The third-order valence-electron chi connectivity index (χ3n) is 4.29. The van der Waals surface area contributed by atoms with E-state index in [0.717, 1.165) is 38.9 Å². The van der Waals surface area contributed by atoms with Gasteiger partial charge in [0.1, 0.15) is 0 Å². The van der Waals surface area contributed by atoms with Gasteiger partial charge in [-0.05, 0) is 33.2 Å². The second-order valence-electron chi connectivity index (χ2n) is 5.52. The summed E-state index contributed by atoms with van der Waals surface area (Å²) in [5.41, 5.74) is 0. The molecule has 0 aromatic rings. The lowest BCUT2D eigenvalue weighted by Gasteiger charge is -2.39. The van der Waals surface area contributed by atoms with Gasteiger partial charge in [0, 0.05) is 18.6 Å². The first kappa shape index (κ1) is 12.8. The summed E-state index contributed by atoms with van der Waals surface area (Å²) < 4.78 is 0. The SMILES string of the molecule is CCCC1NCN(C2CCN(C)C(C)C2)C1=O. The van der Waals surface area contributed by atoms with Crippen LogP contribution in [0.3, 0.4) is 0 Å². The van der Waals surface area contributed by atoms with E-state index in [4.69, 9.17) is 0 Å². The van der Waals surface area contributed by atoms with Crippen LogP contribution in [0.1, 0.15) is 39.5 Å². The van der Waals surface area contributed by atoms with Gasteiger partial charge in [0.15, 0.2) is 0 Å². The lowest BCUT2D eigenvalue weighted by Crippen LogP contribution is -2.48. The summed E-state index contributed by atoms with van der Waals surface area (Å²) >= 11 is 0. The van der Waals surface area contributed by atoms with Crippen LogP contribution in [0.25, 0.3) is 0 Å². The Hall–Kier alpha value is -0.610. The van der Waals surface area contributed by atoms with Crippen molar-refractivity contribution in [2.75, 3.05) is 20.3 Å². The molecule has 2 fully saturated rings. The van der Waals surface area contributed by atoms with Crippen LogP contribution in [0.4, 0.5) is 0 Å². The molecular formula is C13H25N3O. The number of carbonyl (C=O) groups is 1. The topological polar surface area (TPSA) is 35.6 Å². The van der Waals surface area contributed by atoms with Gasteiger partial charge in [-0.2, -0.15) is 0 Å². The average Bonchev–Trinajstić information content (AvgIpc) is 2.66. The van der Waals surface area contributed by atoms with Gasteiger partial charge in [-0.1, -0.05) is 13.3 Å². The van der Waals surface area contributed by atoms with E-state index in [9.17, 15) is 4.79 Å². The number of rotatable bonds is 3. The normalized spacial score (nSPS) is 35.6. The first-order valence-electron chi connectivity index (χ1n) is 6.87. The van der Waals surface area contributed by atoms with E-state index < -0.39 is 0 Å². The van der Waals surface area contributed by atoms with Crippen molar-refractivity contribution in [3.05, 3.63) is 0 Å². The van der Waals surface area contributed by atoms with Crippen molar-refractivity contribution >= 4 is 5.91 Å². The molecule has 98 valence electrons. The van der Waals surface area contributed by atoms with Crippen molar-refractivity contribution < 1.29 is 4.79 Å². The zero-order valence-electron chi connectivity index (χ0n) is 11.3. The molecule has 17 heavy (non-hydrogen) atoms. The molecule has 2 aliphatic rings. The number of hydrogen-bond donors (Lipinski definition) is 1. The summed E-state index contributed by atoms with van der Waals surface area (Å²) in [6.07, 6.45) is 4.27. The van der Waals surface area contributed by atoms with Gasteiger partial charge in [0.2, 0.25) is 5.91 Å². The van der Waals surface area contributed by atoms with E-state index in [2.05, 4.69) is 36.0 Å². The van der Waals surface area contributed by atoms with Gasteiger partial charge in [0.25, 0.3) is 0 Å². The highest BCUT2D eigenvalue weighted by Gasteiger charge is 2.37. The minimum atomic E-state index is 0.0787. The molecule has 3 unspecified atom stereocenters. The Balaban J connectivity index is 1.93. The molecule has 2 aliphatic heterocycles. The number of piperidine rings is 1. The molecule has 1 N–H and O–H groups in total. The Labute approximate surface area is 104 Å². The highest BCUT2D eigenvalue weighted by atomic mass is 16.2. The maximum absolute atomic E-state index is 12.2. The molecule has 0 spiro atoms. The quantitative estimate of drug-likeness (QED) is 0.799. The van der Waals surface area contributed by atoms with Crippen LogP contribution in [-0.2, 0) is 4.79 Å². The zero-order chi connectivity index (χ0) is 12.4. The molecule has 1 amide bonds. The number of likely N-dealkylation sites (tertiary alicyclic amines) is 1. The molecule has 4 nitrogen and oxygen atoms in total. The van der Waals surface area contributed by atoms with Gasteiger partial charge in [-0.15, -0.1) is 0 Å². The lowest BCUT2D eigenvalue weighted by atomic mass is 9.97. The lowest BCUT2D eigenvalue weighted by molar-refractivity contribution is -0.132. The molecule has 0 bridgehead atoms. The molecule has 0 radical (unpaired) electrons. The van der Waals surface area contributed by atoms with Crippen LogP contribution in [0.5, 0.6) is 0 Å². The number of amides is 1. The number of nitrogens with zero attached hydrogens (tertiary/aromatic N) is 2. The summed E-state index contributed by atoms with van der Waals surface area (Å²) in [6, 6.07) is 1.12. The fraction of sp³-hybridized carbons (Fsp3) is 0.923. The predicted molar refractivity (Wildman–Crippen MR) is 68.7 cm³/mol. The highest BCUT2D eigenvalue weighted by molar-refractivity contribution is 5.84. The fourth-order valence-electron chi connectivity index (χ4n) is 2.94. The Morgan fingerprint density at radius 2 is 2.24 bits per heavy atom. The monoisotopic (exact) mass is 239 g/mol. The van der Waals surface area contributed by atoms with Crippen LogP contribution < -0.4 is 5.32 Å². The van der Waals surface area contributed by atoms with E-state index in [0.29, 0.717) is 18.0 Å². The summed E-state index contributed by atoms with van der Waals surface area (Å²) in [5.74, 6) is 0.327. The Morgan fingerprint density at radius 1 is 1.47 bits per heavy atom. The molecule has 2 saturated heterocycles. The minimum Gasteiger partial charge on any atom is -0.325 e. The van der Waals surface area contributed by atoms with Crippen molar-refractivity contribution in [2.45, 2.75) is 57.7 Å². The van der Waals surface area contributed by atoms with Crippen molar-refractivity contribution in [1.29, 1.82) is 0 Å². The Kier molecular flexibility index (Phi) is 4.05. The number of carbonyl (C=O) groups excluding carboxylic acids is 1. The summed E-state index contributed by atoms with van der Waals surface area (Å²) in [5, 5.41) is 3.34. The van der Waals surface area contributed by atoms with Crippen LogP contribution in [0.2, 0.25) is 0 Å². The van der Waals surface area contributed by atoms with E-state index >= 15 is 0 Å². The van der Waals surface area contributed by atoms with E-state index in [-0.39, 0.29) is 6.04 Å². The number of nitrogens with one attached hydrogen (secondary N) is 1. The third kappa shape index (κ3) is 2.63. The molecule has 0 saturated carbocycles. The largest absolute Gasteiger partial charge is 0.325 e. The Bertz CT molecular complexity index is 282. The summed E-state index contributed by atoms with van der Waals surface area (Å²) in [7, 11) is 2.17. The maximum atomic E-state index is 12.2. The molecule has 4 heteroatoms. The van der Waals surface area contributed by atoms with Gasteiger partial charge in [-0.3, -0.25) is 10.1 Å². The minimum absolute atomic E-state index is 0.0787. The van der Waals surface area contributed by atoms with E-state index in [1.807, 2.05) is 0 Å². The van der Waals surface area contributed by atoms with E-state index in [1.54, 1.807) is 0 Å². The standard InChI is InChI=1S/C13H25N3O/c1-4-5-12-13(17)16(9-14-12)11-6-7-15(3)10(2)8-11/h10-12,14H,4-9H2,1-3H3. The number of hydrogen-bond acceptors (Lipinski definition) is 3. The van der Waals surface area contributed by atoms with Crippen LogP contribution in [0, 0.1) is 0 Å². The maximum Gasteiger partial charge on any atom is 0.241 e. The molecule has 0 aromatic heterocycles. The fourth-order valence-corrected chi connectivity index (χ4v) is 2.94. The van der Waals surface area contributed by atoms with Crippen LogP contribution in [-0.4, -0.2) is 54.1 Å². The first-order chi connectivity index (χ1) is 8.13. The molecule has 3 atom stereocenters. The van der Waals surface area contributed by atoms with Gasteiger partial charge < -0.3 is 9.80 Å². The van der Waals surface area contributed by atoms with Gasteiger partial charge in [-0.25, -0.2) is 0 Å².